The first kappa shape index (κ1) is 17.2. The second-order valence-electron chi connectivity index (χ2n) is 4.21. The molecule has 0 aliphatic rings. The van der Waals surface area contributed by atoms with Crippen molar-refractivity contribution >= 4 is 5.97 Å². The van der Waals surface area contributed by atoms with Crippen molar-refractivity contribution in [1.29, 1.82) is 0 Å². The number of carbonyl (C=O) groups excluding carboxylic acids is 1. The van der Waals surface area contributed by atoms with E-state index in [0.29, 0.717) is 19.5 Å². The Hall–Kier alpha value is -0.820. The van der Waals surface area contributed by atoms with E-state index in [1.807, 2.05) is 4.90 Å². The molecule has 0 bridgehead atoms. The summed E-state index contributed by atoms with van der Waals surface area (Å²) in [4.78, 5) is 13.0. The Labute approximate surface area is 105 Å². The van der Waals surface area contributed by atoms with Gasteiger partial charge in [-0.15, -0.1) is 0 Å². The van der Waals surface area contributed by atoms with Crippen LogP contribution in [0.25, 0.3) is 0 Å². The number of methoxy groups -OCH3 is 1. The highest BCUT2D eigenvalue weighted by Crippen LogP contribution is 2.14. The third-order valence-corrected chi connectivity index (χ3v) is 2.28. The van der Waals surface area contributed by atoms with Crippen LogP contribution in [0.4, 0.5) is 13.2 Å². The molecule has 7 heteroatoms. The van der Waals surface area contributed by atoms with E-state index >= 15 is 0 Å². The van der Waals surface area contributed by atoms with Gasteiger partial charge in [-0.3, -0.25) is 4.79 Å². The van der Waals surface area contributed by atoms with E-state index in [9.17, 15) is 18.0 Å². The van der Waals surface area contributed by atoms with Crippen LogP contribution in [0.15, 0.2) is 0 Å². The first-order chi connectivity index (χ1) is 8.26. The number of hydrogen-bond donors (Lipinski definition) is 0. The lowest BCUT2D eigenvalue weighted by Crippen LogP contribution is -2.30. The molecule has 4 nitrogen and oxygen atoms in total. The molecule has 0 fully saturated rings. The molecule has 108 valence electrons. The summed E-state index contributed by atoms with van der Waals surface area (Å²) in [5, 5.41) is 0. The SMILES string of the molecule is COC(=O)C(C)CN(C)CCCOCC(F)(F)F. The van der Waals surface area contributed by atoms with Gasteiger partial charge >= 0.3 is 12.1 Å². The predicted octanol–water partition coefficient (Wildman–Crippen LogP) is 1.70. The molecule has 0 radical (unpaired) electrons. The van der Waals surface area contributed by atoms with Crippen LogP contribution in [-0.4, -0.2) is 57.5 Å². The summed E-state index contributed by atoms with van der Waals surface area (Å²) < 4.78 is 44.3. The fourth-order valence-corrected chi connectivity index (χ4v) is 1.46. The maximum Gasteiger partial charge on any atom is 0.411 e. The topological polar surface area (TPSA) is 38.8 Å². The lowest BCUT2D eigenvalue weighted by atomic mass is 10.2. The van der Waals surface area contributed by atoms with Crippen LogP contribution in [0.3, 0.4) is 0 Å². The minimum atomic E-state index is -4.27. The van der Waals surface area contributed by atoms with Crippen molar-refractivity contribution in [2.75, 3.05) is 40.5 Å². The molecule has 0 spiro atoms. The first-order valence-electron chi connectivity index (χ1n) is 5.67. The molecule has 0 N–H and O–H groups in total. The number of carbonyl (C=O) groups is 1. The van der Waals surface area contributed by atoms with E-state index in [4.69, 9.17) is 0 Å². The van der Waals surface area contributed by atoms with Gasteiger partial charge in [0.1, 0.15) is 6.61 Å². The van der Waals surface area contributed by atoms with E-state index in [1.165, 1.54) is 7.11 Å². The Morgan fingerprint density at radius 1 is 1.39 bits per heavy atom. The van der Waals surface area contributed by atoms with Crippen LogP contribution in [0.1, 0.15) is 13.3 Å². The normalized spacial score (nSPS) is 13.7. The summed E-state index contributed by atoms with van der Waals surface area (Å²) in [5.74, 6) is -0.550. The maximum absolute atomic E-state index is 11.8. The second kappa shape index (κ2) is 8.31. The number of halogens is 3. The van der Waals surface area contributed by atoms with Crippen LogP contribution >= 0.6 is 0 Å². The van der Waals surface area contributed by atoms with Crippen molar-refractivity contribution in [2.24, 2.45) is 5.92 Å². The standard InChI is InChI=1S/C11H20F3NO3/c1-9(10(16)17-3)7-15(2)5-4-6-18-8-11(12,13)14/h9H,4-8H2,1-3H3. The molecule has 0 rings (SSSR count). The summed E-state index contributed by atoms with van der Waals surface area (Å²) in [6.45, 7) is 1.65. The van der Waals surface area contributed by atoms with Crippen LogP contribution in [-0.2, 0) is 14.3 Å². The van der Waals surface area contributed by atoms with Gasteiger partial charge in [0.05, 0.1) is 13.0 Å². The highest BCUT2D eigenvalue weighted by molar-refractivity contribution is 5.71. The summed E-state index contributed by atoms with van der Waals surface area (Å²) in [5.41, 5.74) is 0. The lowest BCUT2D eigenvalue weighted by molar-refractivity contribution is -0.174. The third-order valence-electron chi connectivity index (χ3n) is 2.28. The van der Waals surface area contributed by atoms with E-state index in [0.717, 1.165) is 0 Å². The molecule has 0 saturated heterocycles. The zero-order valence-electron chi connectivity index (χ0n) is 10.9. The van der Waals surface area contributed by atoms with E-state index in [2.05, 4.69) is 9.47 Å². The Morgan fingerprint density at radius 2 is 2.00 bits per heavy atom. The third kappa shape index (κ3) is 9.23. The summed E-state index contributed by atoms with van der Waals surface area (Å²) in [7, 11) is 3.12. The molecular weight excluding hydrogens is 251 g/mol. The van der Waals surface area contributed by atoms with Crippen molar-refractivity contribution in [3.8, 4) is 0 Å². The number of esters is 1. The number of ether oxygens (including phenoxy) is 2. The quantitative estimate of drug-likeness (QED) is 0.497. The molecule has 0 amide bonds. The van der Waals surface area contributed by atoms with Crippen LogP contribution in [0.5, 0.6) is 0 Å². The first-order valence-corrected chi connectivity index (χ1v) is 5.67. The maximum atomic E-state index is 11.8. The second-order valence-corrected chi connectivity index (χ2v) is 4.21. The van der Waals surface area contributed by atoms with Gasteiger partial charge in [0.2, 0.25) is 0 Å². The van der Waals surface area contributed by atoms with Crippen molar-refractivity contribution < 1.29 is 27.4 Å². The zero-order chi connectivity index (χ0) is 14.2. The Morgan fingerprint density at radius 3 is 2.50 bits per heavy atom. The van der Waals surface area contributed by atoms with Gasteiger partial charge in [-0.1, -0.05) is 6.92 Å². The molecular formula is C11H20F3NO3. The minimum absolute atomic E-state index is 0.0520. The van der Waals surface area contributed by atoms with Crippen molar-refractivity contribution in [1.82, 2.24) is 4.90 Å². The molecule has 0 heterocycles. The summed E-state index contributed by atoms with van der Waals surface area (Å²) in [6, 6.07) is 0. The zero-order valence-corrected chi connectivity index (χ0v) is 10.9. The lowest BCUT2D eigenvalue weighted by Gasteiger charge is -2.19. The largest absolute Gasteiger partial charge is 0.469 e. The van der Waals surface area contributed by atoms with Crippen LogP contribution in [0, 0.1) is 5.92 Å². The minimum Gasteiger partial charge on any atom is -0.469 e. The molecule has 0 aromatic rings. The fraction of sp³-hybridized carbons (Fsp3) is 0.909. The molecule has 0 aromatic carbocycles. The molecule has 1 unspecified atom stereocenters. The average molecular weight is 271 g/mol. The molecule has 1 atom stereocenters. The van der Waals surface area contributed by atoms with Crippen LogP contribution in [0.2, 0.25) is 0 Å². The Kier molecular flexibility index (Phi) is 7.93. The Balaban J connectivity index is 3.59. The van der Waals surface area contributed by atoms with Gasteiger partial charge in [-0.25, -0.2) is 0 Å². The van der Waals surface area contributed by atoms with Gasteiger partial charge in [-0.05, 0) is 13.5 Å². The van der Waals surface area contributed by atoms with Crippen molar-refractivity contribution in [3.05, 3.63) is 0 Å². The number of hydrogen-bond acceptors (Lipinski definition) is 4. The summed E-state index contributed by atoms with van der Waals surface area (Å²) in [6.07, 6.45) is -3.79. The van der Waals surface area contributed by atoms with Gasteiger partial charge in [0, 0.05) is 19.7 Å². The van der Waals surface area contributed by atoms with E-state index in [1.54, 1.807) is 14.0 Å². The van der Waals surface area contributed by atoms with Gasteiger partial charge in [0.25, 0.3) is 0 Å². The highest BCUT2D eigenvalue weighted by Gasteiger charge is 2.27. The van der Waals surface area contributed by atoms with Crippen molar-refractivity contribution in [2.45, 2.75) is 19.5 Å². The van der Waals surface area contributed by atoms with E-state index in [-0.39, 0.29) is 18.5 Å². The predicted molar refractivity (Wildman–Crippen MR) is 60.2 cm³/mol. The molecule has 0 aliphatic carbocycles. The van der Waals surface area contributed by atoms with Crippen LogP contribution < -0.4 is 0 Å². The van der Waals surface area contributed by atoms with E-state index < -0.39 is 12.8 Å². The smallest absolute Gasteiger partial charge is 0.411 e. The monoisotopic (exact) mass is 271 g/mol. The molecule has 0 aromatic heterocycles. The van der Waals surface area contributed by atoms with Crippen molar-refractivity contribution in [3.63, 3.8) is 0 Å². The highest BCUT2D eigenvalue weighted by atomic mass is 19.4. The van der Waals surface area contributed by atoms with Gasteiger partial charge in [0.15, 0.2) is 0 Å². The molecule has 0 saturated carbocycles. The average Bonchev–Trinajstić information content (AvgIpc) is 2.25. The summed E-state index contributed by atoms with van der Waals surface area (Å²) >= 11 is 0. The number of alkyl halides is 3. The Bertz CT molecular complexity index is 246. The number of rotatable bonds is 8. The number of nitrogens with zero attached hydrogens (tertiary/aromatic N) is 1. The molecule has 18 heavy (non-hydrogen) atoms. The van der Waals surface area contributed by atoms with Gasteiger partial charge < -0.3 is 14.4 Å². The molecule has 0 aliphatic heterocycles. The fourth-order valence-electron chi connectivity index (χ4n) is 1.46. The van der Waals surface area contributed by atoms with Gasteiger partial charge in [-0.2, -0.15) is 13.2 Å².